The standard InChI is InChI=1S/C18H19F3N4O4S2/c19-18(20,21)10-24-9-11(7-15(24)26)16(27)23-17-22-13-4-3-12(8-14(13)30-17)31(28,29)25-5-1-2-6-25/h3-4,8,11H,1-2,5-7,9-10H2,(H,22,23,27). The van der Waals surface area contributed by atoms with E-state index in [9.17, 15) is 31.2 Å². The zero-order valence-electron chi connectivity index (χ0n) is 16.2. The van der Waals surface area contributed by atoms with Gasteiger partial charge in [0.2, 0.25) is 21.8 Å². The first-order valence-corrected chi connectivity index (χ1v) is 11.8. The Labute approximate surface area is 180 Å². The number of thiazole rings is 1. The highest BCUT2D eigenvalue weighted by molar-refractivity contribution is 7.89. The molecule has 8 nitrogen and oxygen atoms in total. The molecule has 0 radical (unpaired) electrons. The maximum atomic E-state index is 12.7. The zero-order chi connectivity index (χ0) is 22.4. The number of nitrogens with zero attached hydrogens (tertiary/aromatic N) is 3. The first-order chi connectivity index (χ1) is 14.5. The van der Waals surface area contributed by atoms with Crippen LogP contribution < -0.4 is 5.32 Å². The number of benzene rings is 1. The van der Waals surface area contributed by atoms with Crippen LogP contribution in [0.5, 0.6) is 0 Å². The summed E-state index contributed by atoms with van der Waals surface area (Å²) in [5, 5.41) is 2.73. The number of carbonyl (C=O) groups excluding carboxylic acids is 2. The van der Waals surface area contributed by atoms with Gasteiger partial charge in [-0.1, -0.05) is 11.3 Å². The molecular weight excluding hydrogens is 457 g/mol. The van der Waals surface area contributed by atoms with Crippen molar-refractivity contribution in [2.75, 3.05) is 31.5 Å². The van der Waals surface area contributed by atoms with E-state index in [0.717, 1.165) is 24.2 Å². The third kappa shape index (κ3) is 4.67. The molecule has 0 bridgehead atoms. The summed E-state index contributed by atoms with van der Waals surface area (Å²) in [7, 11) is -3.59. The number of carbonyl (C=O) groups is 2. The van der Waals surface area contributed by atoms with Crippen molar-refractivity contribution in [1.29, 1.82) is 0 Å². The molecule has 0 saturated carbocycles. The number of anilines is 1. The van der Waals surface area contributed by atoms with Gasteiger partial charge in [-0.05, 0) is 31.0 Å². The molecule has 168 valence electrons. The number of likely N-dealkylation sites (tertiary alicyclic amines) is 1. The zero-order valence-corrected chi connectivity index (χ0v) is 17.8. The number of hydrogen-bond acceptors (Lipinski definition) is 6. The van der Waals surface area contributed by atoms with E-state index in [1.165, 1.54) is 16.4 Å². The molecule has 2 aliphatic rings. The van der Waals surface area contributed by atoms with Crippen LogP contribution in [0.1, 0.15) is 19.3 Å². The number of hydrogen-bond donors (Lipinski definition) is 1. The summed E-state index contributed by atoms with van der Waals surface area (Å²) in [6.07, 6.45) is -3.18. The average Bonchev–Trinajstić information content (AvgIpc) is 3.40. The van der Waals surface area contributed by atoms with E-state index >= 15 is 0 Å². The Morgan fingerprint density at radius 3 is 2.65 bits per heavy atom. The van der Waals surface area contributed by atoms with E-state index in [2.05, 4.69) is 10.3 Å². The number of halogens is 3. The molecule has 2 aliphatic heterocycles. The van der Waals surface area contributed by atoms with E-state index in [-0.39, 0.29) is 23.0 Å². The SMILES string of the molecule is O=C(Nc1nc2ccc(S(=O)(=O)N3CCCC3)cc2s1)C1CC(=O)N(CC(F)(F)F)C1. The van der Waals surface area contributed by atoms with Crippen molar-refractivity contribution in [3.63, 3.8) is 0 Å². The molecule has 4 rings (SSSR count). The fraction of sp³-hybridized carbons (Fsp3) is 0.500. The van der Waals surface area contributed by atoms with E-state index in [1.807, 2.05) is 0 Å². The average molecular weight is 477 g/mol. The lowest BCUT2D eigenvalue weighted by Gasteiger charge is -2.18. The molecule has 2 saturated heterocycles. The van der Waals surface area contributed by atoms with Gasteiger partial charge < -0.3 is 10.2 Å². The Balaban J connectivity index is 1.47. The molecule has 1 atom stereocenters. The molecule has 0 spiro atoms. The van der Waals surface area contributed by atoms with Crippen molar-refractivity contribution in [2.24, 2.45) is 5.92 Å². The van der Waals surface area contributed by atoms with E-state index in [4.69, 9.17) is 0 Å². The molecule has 1 N–H and O–H groups in total. The fourth-order valence-corrected chi connectivity index (χ4v) is 6.25. The summed E-state index contributed by atoms with van der Waals surface area (Å²) >= 11 is 1.06. The van der Waals surface area contributed by atoms with Crippen LogP contribution in [0.2, 0.25) is 0 Å². The lowest BCUT2D eigenvalue weighted by molar-refractivity contribution is -0.157. The van der Waals surface area contributed by atoms with Crippen molar-refractivity contribution >= 4 is 48.5 Å². The highest BCUT2D eigenvalue weighted by atomic mass is 32.2. The minimum absolute atomic E-state index is 0.146. The van der Waals surface area contributed by atoms with Gasteiger partial charge in [0, 0.05) is 26.1 Å². The van der Waals surface area contributed by atoms with E-state index in [0.29, 0.717) is 28.2 Å². The van der Waals surface area contributed by atoms with Crippen LogP contribution in [0.4, 0.5) is 18.3 Å². The second-order valence-corrected chi connectivity index (χ2v) is 10.5. The molecule has 2 amide bonds. The van der Waals surface area contributed by atoms with Gasteiger partial charge in [0.15, 0.2) is 5.13 Å². The molecule has 1 unspecified atom stereocenters. The van der Waals surface area contributed by atoms with Gasteiger partial charge in [0.25, 0.3) is 0 Å². The van der Waals surface area contributed by atoms with Crippen molar-refractivity contribution in [3.8, 4) is 0 Å². The van der Waals surface area contributed by atoms with Crippen LogP contribution in [-0.4, -0.2) is 66.8 Å². The Morgan fingerprint density at radius 2 is 1.97 bits per heavy atom. The molecule has 13 heteroatoms. The van der Waals surface area contributed by atoms with Crippen molar-refractivity contribution in [2.45, 2.75) is 30.3 Å². The first-order valence-electron chi connectivity index (χ1n) is 9.59. The molecule has 1 aromatic heterocycles. The van der Waals surface area contributed by atoms with Gasteiger partial charge in [-0.2, -0.15) is 17.5 Å². The topological polar surface area (TPSA) is 99.7 Å². The molecule has 0 aliphatic carbocycles. The summed E-state index contributed by atoms with van der Waals surface area (Å²) in [6, 6.07) is 4.51. The molecule has 2 fully saturated rings. The Hall–Kier alpha value is -2.25. The van der Waals surface area contributed by atoms with E-state index in [1.54, 1.807) is 6.07 Å². The number of nitrogens with one attached hydrogen (secondary N) is 1. The van der Waals surface area contributed by atoms with Crippen molar-refractivity contribution < 1.29 is 31.2 Å². The monoisotopic (exact) mass is 476 g/mol. The first kappa shape index (κ1) is 22.0. The predicted octanol–water partition coefficient (Wildman–Crippen LogP) is 2.43. The minimum atomic E-state index is -4.53. The third-order valence-corrected chi connectivity index (χ3v) is 8.08. The largest absolute Gasteiger partial charge is 0.406 e. The van der Waals surface area contributed by atoms with Crippen LogP contribution in [0, 0.1) is 5.92 Å². The predicted molar refractivity (Wildman–Crippen MR) is 107 cm³/mol. The van der Waals surface area contributed by atoms with Crippen molar-refractivity contribution in [1.82, 2.24) is 14.2 Å². The second-order valence-electron chi connectivity index (χ2n) is 7.54. The van der Waals surface area contributed by atoms with Gasteiger partial charge in [-0.3, -0.25) is 9.59 Å². The normalized spacial score (nSPS) is 20.7. The summed E-state index contributed by atoms with van der Waals surface area (Å²) in [4.78, 5) is 29.2. The number of rotatable bonds is 5. The molecule has 1 aromatic carbocycles. The molecular formula is C18H19F3N4O4S2. The van der Waals surface area contributed by atoms with Crippen LogP contribution >= 0.6 is 11.3 Å². The lowest BCUT2D eigenvalue weighted by Crippen LogP contribution is -2.36. The quantitative estimate of drug-likeness (QED) is 0.715. The summed E-state index contributed by atoms with van der Waals surface area (Å²) in [5.74, 6) is -2.23. The van der Waals surface area contributed by atoms with Crippen LogP contribution in [0.25, 0.3) is 10.2 Å². The number of aromatic nitrogens is 1. The number of amides is 2. The highest BCUT2D eigenvalue weighted by Gasteiger charge is 2.40. The number of alkyl halides is 3. The number of fused-ring (bicyclic) bond motifs is 1. The minimum Gasteiger partial charge on any atom is -0.333 e. The highest BCUT2D eigenvalue weighted by Crippen LogP contribution is 2.31. The summed E-state index contributed by atoms with van der Waals surface area (Å²) in [5.41, 5.74) is 0.488. The van der Waals surface area contributed by atoms with Gasteiger partial charge >= 0.3 is 6.18 Å². The summed E-state index contributed by atoms with van der Waals surface area (Å²) in [6.45, 7) is -0.732. The molecule has 31 heavy (non-hydrogen) atoms. The van der Waals surface area contributed by atoms with Crippen LogP contribution in [-0.2, 0) is 19.6 Å². The number of sulfonamides is 1. The Kier molecular flexibility index (Phi) is 5.68. The maximum Gasteiger partial charge on any atom is 0.406 e. The molecule has 2 aromatic rings. The van der Waals surface area contributed by atoms with E-state index < -0.39 is 40.5 Å². The van der Waals surface area contributed by atoms with Gasteiger partial charge in [0.05, 0.1) is 21.0 Å². The third-order valence-electron chi connectivity index (χ3n) is 5.25. The Morgan fingerprint density at radius 1 is 1.26 bits per heavy atom. The van der Waals surface area contributed by atoms with Gasteiger partial charge in [-0.15, -0.1) is 0 Å². The lowest BCUT2D eigenvalue weighted by atomic mass is 10.1. The smallest absolute Gasteiger partial charge is 0.333 e. The summed E-state index contributed by atoms with van der Waals surface area (Å²) < 4.78 is 65.0. The van der Waals surface area contributed by atoms with Crippen LogP contribution in [0.3, 0.4) is 0 Å². The second kappa shape index (κ2) is 8.02. The van der Waals surface area contributed by atoms with Crippen LogP contribution in [0.15, 0.2) is 23.1 Å². The molecule has 3 heterocycles. The van der Waals surface area contributed by atoms with Gasteiger partial charge in [0.1, 0.15) is 6.54 Å². The van der Waals surface area contributed by atoms with Crippen molar-refractivity contribution in [3.05, 3.63) is 18.2 Å². The Bertz CT molecular complexity index is 1130. The van der Waals surface area contributed by atoms with Gasteiger partial charge in [-0.25, -0.2) is 13.4 Å². The maximum absolute atomic E-state index is 12.7. The fourth-order valence-electron chi connectivity index (χ4n) is 3.72.